The number of hydrogen-bond donors (Lipinski definition) is 0. The Morgan fingerprint density at radius 1 is 0.529 bits per heavy atom. The summed E-state index contributed by atoms with van der Waals surface area (Å²) in [6.07, 6.45) is 2.02. The van der Waals surface area contributed by atoms with Crippen molar-refractivity contribution < 1.29 is 0 Å². The van der Waals surface area contributed by atoms with Gasteiger partial charge in [-0.25, -0.2) is 4.98 Å². The van der Waals surface area contributed by atoms with Crippen molar-refractivity contribution in [3.63, 3.8) is 0 Å². The molecule has 0 aliphatic rings. The second-order valence-electron chi connectivity index (χ2n) is 15.6. The lowest BCUT2D eigenvalue weighted by molar-refractivity contribution is 0.568. The number of thiazole rings is 1. The minimum Gasteiger partial charge on any atom is -0.256 e. The predicted molar refractivity (Wildman–Crippen MR) is 222 cm³/mol. The van der Waals surface area contributed by atoms with Gasteiger partial charge in [0.25, 0.3) is 0 Å². The van der Waals surface area contributed by atoms with Gasteiger partial charge in [-0.05, 0) is 102 Å². The summed E-state index contributed by atoms with van der Waals surface area (Å²) in [5.41, 5.74) is 11.6. The van der Waals surface area contributed by atoms with Crippen LogP contribution in [0.4, 0.5) is 5.69 Å². The molecule has 7 aromatic carbocycles. The molecule has 1 aromatic heterocycles. The van der Waals surface area contributed by atoms with Crippen molar-refractivity contribution in [2.75, 3.05) is 0 Å². The number of nitrogens with zero attached hydrogens (tertiary/aromatic N) is 2. The van der Waals surface area contributed by atoms with Crippen LogP contribution in [-0.4, -0.2) is 11.2 Å². The molecule has 8 aromatic rings. The Balaban J connectivity index is 1.15. The molecule has 3 heteroatoms. The Morgan fingerprint density at radius 3 is 1.82 bits per heavy atom. The van der Waals surface area contributed by atoms with Gasteiger partial charge >= 0.3 is 0 Å². The van der Waals surface area contributed by atoms with Crippen molar-refractivity contribution >= 4 is 55.0 Å². The molecular formula is C48H42N2S. The maximum atomic E-state index is 5.27. The fourth-order valence-electron chi connectivity index (χ4n) is 6.92. The molecular weight excluding hydrogens is 637 g/mol. The van der Waals surface area contributed by atoms with Crippen LogP contribution in [0.25, 0.3) is 64.6 Å². The maximum absolute atomic E-state index is 5.27. The van der Waals surface area contributed by atoms with E-state index in [1.165, 1.54) is 48.5 Å². The van der Waals surface area contributed by atoms with Crippen molar-refractivity contribution in [3.05, 3.63) is 156 Å². The lowest BCUT2D eigenvalue weighted by Gasteiger charge is -2.25. The van der Waals surface area contributed by atoms with E-state index in [9.17, 15) is 0 Å². The van der Waals surface area contributed by atoms with E-state index in [1.54, 1.807) is 11.3 Å². The number of fused-ring (bicyclic) bond motifs is 4. The fraction of sp³-hybridized carbons (Fsp3) is 0.167. The molecule has 8 rings (SSSR count). The smallest absolute Gasteiger partial charge is 0.126 e. The highest BCUT2D eigenvalue weighted by molar-refractivity contribution is 7.21. The SMILES string of the molecule is CC(C)(C)c1cc(C=Nc2ccccc2-c2nc3c(-c4ccc(-c5cc6ccccc6c6ccccc56)cc4)cccc3s2)cc(C(C)(C)C)c1. The molecule has 0 N–H and O–H groups in total. The Hall–Kier alpha value is -5.38. The molecule has 0 amide bonds. The molecule has 0 unspecified atom stereocenters. The molecule has 0 fully saturated rings. The summed E-state index contributed by atoms with van der Waals surface area (Å²) >= 11 is 1.72. The first kappa shape index (κ1) is 32.8. The highest BCUT2D eigenvalue weighted by Crippen LogP contribution is 2.41. The Morgan fingerprint density at radius 2 is 1.12 bits per heavy atom. The van der Waals surface area contributed by atoms with Crippen LogP contribution >= 0.6 is 11.3 Å². The lowest BCUT2D eigenvalue weighted by Crippen LogP contribution is -2.17. The van der Waals surface area contributed by atoms with Crippen LogP contribution in [-0.2, 0) is 10.8 Å². The molecule has 0 aliphatic heterocycles. The molecule has 0 atom stereocenters. The molecule has 0 radical (unpaired) electrons. The van der Waals surface area contributed by atoms with Crippen molar-refractivity contribution in [1.82, 2.24) is 4.98 Å². The van der Waals surface area contributed by atoms with Crippen LogP contribution < -0.4 is 0 Å². The van der Waals surface area contributed by atoms with E-state index < -0.39 is 0 Å². The number of hydrogen-bond acceptors (Lipinski definition) is 3. The fourth-order valence-corrected chi connectivity index (χ4v) is 7.95. The van der Waals surface area contributed by atoms with Gasteiger partial charge in [-0.3, -0.25) is 4.99 Å². The third-order valence-corrected chi connectivity index (χ3v) is 10.9. The van der Waals surface area contributed by atoms with Crippen LogP contribution in [0.1, 0.15) is 58.2 Å². The Bertz CT molecular complexity index is 2560. The standard InChI is InChI=1S/C48H42N2S/c1-47(2,3)35-26-31(27-36(29-35)48(4,5)6)30-49-43-20-12-11-18-41(43)46-50-45-38(19-13-21-44(45)51-46)32-22-24-33(25-23-32)42-28-34-14-7-8-15-37(34)39-16-9-10-17-40(39)42/h7-30H,1-6H3. The molecule has 0 aliphatic carbocycles. The van der Waals surface area contributed by atoms with Crippen molar-refractivity contribution in [3.8, 4) is 32.8 Å². The molecule has 51 heavy (non-hydrogen) atoms. The summed E-state index contributed by atoms with van der Waals surface area (Å²) in [7, 11) is 0. The molecule has 250 valence electrons. The number of aromatic nitrogens is 1. The Labute approximate surface area is 305 Å². The van der Waals surface area contributed by atoms with Crippen LogP contribution in [0.2, 0.25) is 0 Å². The largest absolute Gasteiger partial charge is 0.256 e. The summed E-state index contributed by atoms with van der Waals surface area (Å²) in [6.45, 7) is 13.6. The van der Waals surface area contributed by atoms with E-state index in [4.69, 9.17) is 9.98 Å². The molecule has 1 heterocycles. The number of aliphatic imine (C=N–C) groups is 1. The zero-order valence-corrected chi connectivity index (χ0v) is 31.0. The van der Waals surface area contributed by atoms with E-state index in [1.807, 2.05) is 6.21 Å². The van der Waals surface area contributed by atoms with Gasteiger partial charge < -0.3 is 0 Å². The minimum atomic E-state index is 0.0472. The quantitative estimate of drug-likeness (QED) is 0.131. The van der Waals surface area contributed by atoms with Crippen LogP contribution in [0.15, 0.2) is 145 Å². The van der Waals surface area contributed by atoms with E-state index in [-0.39, 0.29) is 10.8 Å². The molecule has 0 spiro atoms. The third kappa shape index (κ3) is 6.39. The van der Waals surface area contributed by atoms with Crippen LogP contribution in [0, 0.1) is 0 Å². The zero-order valence-electron chi connectivity index (χ0n) is 30.2. The predicted octanol–water partition coefficient (Wildman–Crippen LogP) is 13.9. The normalized spacial score (nSPS) is 12.4. The second-order valence-corrected chi connectivity index (χ2v) is 16.6. The number of rotatable bonds is 5. The lowest BCUT2D eigenvalue weighted by atomic mass is 9.79. The van der Waals surface area contributed by atoms with Gasteiger partial charge in [-0.15, -0.1) is 11.3 Å². The highest BCUT2D eigenvalue weighted by Gasteiger charge is 2.20. The molecule has 0 saturated carbocycles. The van der Waals surface area contributed by atoms with Gasteiger partial charge in [0.1, 0.15) is 5.01 Å². The first-order valence-corrected chi connectivity index (χ1v) is 18.5. The van der Waals surface area contributed by atoms with Gasteiger partial charge in [-0.2, -0.15) is 0 Å². The van der Waals surface area contributed by atoms with Crippen LogP contribution in [0.5, 0.6) is 0 Å². The highest BCUT2D eigenvalue weighted by atomic mass is 32.1. The van der Waals surface area contributed by atoms with Gasteiger partial charge in [0, 0.05) is 17.3 Å². The van der Waals surface area contributed by atoms with Crippen LogP contribution in [0.3, 0.4) is 0 Å². The summed E-state index contributed by atoms with van der Waals surface area (Å²) in [6, 6.07) is 50.5. The monoisotopic (exact) mass is 678 g/mol. The van der Waals surface area contributed by atoms with Crippen molar-refractivity contribution in [1.29, 1.82) is 0 Å². The summed E-state index contributed by atoms with van der Waals surface area (Å²) in [5.74, 6) is 0. The third-order valence-electron chi connectivity index (χ3n) is 9.87. The first-order valence-electron chi connectivity index (χ1n) is 17.7. The van der Waals surface area contributed by atoms with E-state index in [0.29, 0.717) is 0 Å². The zero-order chi connectivity index (χ0) is 35.3. The van der Waals surface area contributed by atoms with Crippen molar-refractivity contribution in [2.45, 2.75) is 52.4 Å². The molecule has 2 nitrogen and oxygen atoms in total. The van der Waals surface area contributed by atoms with E-state index in [2.05, 4.69) is 181 Å². The van der Waals surface area contributed by atoms with Crippen molar-refractivity contribution in [2.24, 2.45) is 4.99 Å². The van der Waals surface area contributed by atoms with E-state index in [0.717, 1.165) is 38.5 Å². The average Bonchev–Trinajstić information content (AvgIpc) is 3.58. The summed E-state index contributed by atoms with van der Waals surface area (Å²) < 4.78 is 1.17. The molecule has 0 saturated heterocycles. The topological polar surface area (TPSA) is 25.2 Å². The van der Waals surface area contributed by atoms with Gasteiger partial charge in [0.05, 0.1) is 15.9 Å². The average molecular weight is 679 g/mol. The van der Waals surface area contributed by atoms with Gasteiger partial charge in [0.15, 0.2) is 0 Å². The summed E-state index contributed by atoms with van der Waals surface area (Å²) in [5, 5.41) is 6.08. The number of para-hydroxylation sites is 2. The maximum Gasteiger partial charge on any atom is 0.126 e. The van der Waals surface area contributed by atoms with Gasteiger partial charge in [0.2, 0.25) is 0 Å². The summed E-state index contributed by atoms with van der Waals surface area (Å²) in [4.78, 5) is 10.3. The second kappa shape index (κ2) is 12.7. The Kier molecular flexibility index (Phi) is 8.20. The molecule has 0 bridgehead atoms. The van der Waals surface area contributed by atoms with Gasteiger partial charge in [-0.1, -0.05) is 145 Å². The minimum absolute atomic E-state index is 0.0472. The number of benzene rings is 7. The van der Waals surface area contributed by atoms with E-state index >= 15 is 0 Å². The first-order chi connectivity index (χ1) is 24.5.